The summed E-state index contributed by atoms with van der Waals surface area (Å²) in [6.45, 7) is 4.26. The van der Waals surface area contributed by atoms with Crippen molar-refractivity contribution in [2.24, 2.45) is 0 Å². The molecule has 1 saturated carbocycles. The predicted octanol–water partition coefficient (Wildman–Crippen LogP) is 7.60. The van der Waals surface area contributed by atoms with Gasteiger partial charge >= 0.3 is 7.60 Å². The molecule has 0 spiro atoms. The Hall–Kier alpha value is -2.04. The maximum atomic E-state index is 12.3. The van der Waals surface area contributed by atoms with Crippen LogP contribution in [0.1, 0.15) is 116 Å². The number of nitrogens with zero attached hydrogens (tertiary/aromatic N) is 4. The van der Waals surface area contributed by atoms with Crippen LogP contribution >= 0.6 is 7.60 Å². The SMILES string of the molecule is CCCCCCCC/C=C\CCCCCCCCOCCCOP(=O)(O)COCCn1cnc2c(NC3CC3)nc(N)nc21. The van der Waals surface area contributed by atoms with E-state index in [0.29, 0.717) is 42.6 Å². The highest BCUT2D eigenvalue weighted by Gasteiger charge is 2.24. The molecule has 1 aliphatic carbocycles. The predicted molar refractivity (Wildman–Crippen MR) is 178 cm³/mol. The molecule has 2 aromatic rings. The van der Waals surface area contributed by atoms with Crippen molar-refractivity contribution >= 4 is 30.5 Å². The summed E-state index contributed by atoms with van der Waals surface area (Å²) in [5.74, 6) is 0.804. The largest absolute Gasteiger partial charge is 0.381 e. The van der Waals surface area contributed by atoms with E-state index in [-0.39, 0.29) is 25.5 Å². The van der Waals surface area contributed by atoms with E-state index in [1.807, 2.05) is 0 Å². The van der Waals surface area contributed by atoms with E-state index in [1.54, 1.807) is 10.9 Å². The van der Waals surface area contributed by atoms with Gasteiger partial charge in [-0.05, 0) is 51.4 Å². The lowest BCUT2D eigenvalue weighted by Crippen LogP contribution is -2.10. The fourth-order valence-electron chi connectivity index (χ4n) is 4.95. The summed E-state index contributed by atoms with van der Waals surface area (Å²) in [5, 5.41) is 3.33. The third-order valence-electron chi connectivity index (χ3n) is 7.66. The van der Waals surface area contributed by atoms with Crippen LogP contribution in [0.15, 0.2) is 18.5 Å². The lowest BCUT2D eigenvalue weighted by molar-refractivity contribution is 0.106. The van der Waals surface area contributed by atoms with E-state index in [9.17, 15) is 9.46 Å². The van der Waals surface area contributed by atoms with Gasteiger partial charge in [0.15, 0.2) is 17.0 Å². The highest BCUT2D eigenvalue weighted by Crippen LogP contribution is 2.41. The monoisotopic (exact) mass is 636 g/mol. The van der Waals surface area contributed by atoms with Crippen molar-refractivity contribution in [3.05, 3.63) is 18.5 Å². The van der Waals surface area contributed by atoms with Gasteiger partial charge in [0.25, 0.3) is 0 Å². The van der Waals surface area contributed by atoms with Crippen LogP contribution in [0.4, 0.5) is 11.8 Å². The lowest BCUT2D eigenvalue weighted by atomic mass is 10.1. The first kappa shape index (κ1) is 36.4. The van der Waals surface area contributed by atoms with E-state index >= 15 is 0 Å². The van der Waals surface area contributed by atoms with E-state index in [1.165, 1.54) is 83.5 Å². The normalized spacial score (nSPS) is 15.0. The van der Waals surface area contributed by atoms with Gasteiger partial charge in [-0.3, -0.25) is 4.57 Å². The molecule has 4 N–H and O–H groups in total. The maximum absolute atomic E-state index is 12.3. The summed E-state index contributed by atoms with van der Waals surface area (Å²) in [6, 6.07) is 0.410. The molecule has 0 bridgehead atoms. The van der Waals surface area contributed by atoms with Crippen molar-refractivity contribution in [1.82, 2.24) is 19.5 Å². The van der Waals surface area contributed by atoms with Crippen LogP contribution in [0.25, 0.3) is 11.2 Å². The third-order valence-corrected chi connectivity index (χ3v) is 8.75. The Labute approximate surface area is 264 Å². The molecule has 0 aliphatic heterocycles. The minimum Gasteiger partial charge on any atom is -0.381 e. The summed E-state index contributed by atoms with van der Waals surface area (Å²) >= 11 is 0. The Bertz CT molecular complexity index is 1130. The average Bonchev–Trinajstić information content (AvgIpc) is 3.73. The Balaban J connectivity index is 1.10. The van der Waals surface area contributed by atoms with Crippen molar-refractivity contribution in [3.63, 3.8) is 0 Å². The maximum Gasteiger partial charge on any atom is 0.353 e. The zero-order valence-electron chi connectivity index (χ0n) is 27.0. The number of unbranched alkanes of at least 4 members (excludes halogenated alkanes) is 12. The molecule has 1 atom stereocenters. The van der Waals surface area contributed by atoms with Crippen LogP contribution in [0.2, 0.25) is 0 Å². The fourth-order valence-corrected chi connectivity index (χ4v) is 5.80. The Morgan fingerprint density at radius 2 is 1.57 bits per heavy atom. The zero-order chi connectivity index (χ0) is 31.3. The molecule has 0 saturated heterocycles. The van der Waals surface area contributed by atoms with Crippen LogP contribution in [-0.4, -0.2) is 63.2 Å². The van der Waals surface area contributed by atoms with Crippen molar-refractivity contribution in [2.75, 3.05) is 43.8 Å². The summed E-state index contributed by atoms with van der Waals surface area (Å²) in [7, 11) is -3.83. The molecule has 1 aliphatic rings. The highest BCUT2D eigenvalue weighted by atomic mass is 31.2. The fraction of sp³-hybridized carbons (Fsp3) is 0.781. The van der Waals surface area contributed by atoms with Gasteiger partial charge in [0.2, 0.25) is 5.95 Å². The smallest absolute Gasteiger partial charge is 0.353 e. The molecule has 1 fully saturated rings. The second-order valence-electron chi connectivity index (χ2n) is 11.9. The summed E-state index contributed by atoms with van der Waals surface area (Å²) < 4.78 is 30.4. The zero-order valence-corrected chi connectivity index (χ0v) is 27.9. The van der Waals surface area contributed by atoms with Gasteiger partial charge in [0, 0.05) is 25.8 Å². The van der Waals surface area contributed by atoms with Gasteiger partial charge < -0.3 is 34.5 Å². The molecule has 11 nitrogen and oxygen atoms in total. The Morgan fingerprint density at radius 3 is 2.27 bits per heavy atom. The number of imidazole rings is 1. The summed E-state index contributed by atoms with van der Waals surface area (Å²) in [4.78, 5) is 23.0. The second-order valence-corrected chi connectivity index (χ2v) is 13.7. The van der Waals surface area contributed by atoms with Crippen molar-refractivity contribution in [2.45, 2.75) is 129 Å². The number of aromatic nitrogens is 4. The van der Waals surface area contributed by atoms with E-state index in [2.05, 4.69) is 39.3 Å². The molecular formula is C32H57N6O5P. The molecule has 2 aromatic heterocycles. The number of fused-ring (bicyclic) bond motifs is 1. The minimum absolute atomic E-state index is 0.156. The number of nitrogens with two attached hydrogens (primary N) is 1. The first-order valence-corrected chi connectivity index (χ1v) is 18.8. The van der Waals surface area contributed by atoms with Crippen LogP contribution in [0.3, 0.4) is 0 Å². The minimum atomic E-state index is -3.83. The standard InChI is InChI=1S/C32H57N6O5P/c1-2-3-4-5-6-7-8-9-10-11-12-13-14-15-16-17-22-41-23-18-24-43-44(39,40)27-42-25-21-38-26-34-29-30(35-28-19-20-28)36-32(33)37-31(29)38/h9-10,26,28H,2-8,11-25,27H2,1H3,(H,39,40)(H3,33,35,36,37)/b10-9-. The molecule has 2 heterocycles. The number of nitrogen functional groups attached to an aromatic ring is 1. The number of ether oxygens (including phenoxy) is 2. The van der Waals surface area contributed by atoms with Crippen molar-refractivity contribution < 1.29 is 23.5 Å². The first-order chi connectivity index (χ1) is 21.5. The second kappa shape index (κ2) is 21.7. The number of anilines is 2. The number of allylic oxidation sites excluding steroid dienone is 2. The lowest BCUT2D eigenvalue weighted by Gasteiger charge is -2.13. The third kappa shape index (κ3) is 15.8. The van der Waals surface area contributed by atoms with E-state index in [4.69, 9.17) is 19.7 Å². The van der Waals surface area contributed by atoms with E-state index < -0.39 is 7.60 Å². The molecule has 1 unspecified atom stereocenters. The van der Waals surface area contributed by atoms with Gasteiger partial charge in [0.1, 0.15) is 6.35 Å². The van der Waals surface area contributed by atoms with Crippen molar-refractivity contribution in [3.8, 4) is 0 Å². The average molecular weight is 637 g/mol. The number of nitrogens with one attached hydrogen (secondary N) is 1. The van der Waals surface area contributed by atoms with Gasteiger partial charge in [0.05, 0.1) is 19.5 Å². The van der Waals surface area contributed by atoms with Crippen LogP contribution < -0.4 is 11.1 Å². The van der Waals surface area contributed by atoms with Crippen molar-refractivity contribution in [1.29, 1.82) is 0 Å². The van der Waals surface area contributed by atoms with Gasteiger partial charge in [-0.15, -0.1) is 0 Å². The molecule has 3 rings (SSSR count). The van der Waals surface area contributed by atoms with E-state index in [0.717, 1.165) is 25.9 Å². The topological polar surface area (TPSA) is 147 Å². The van der Waals surface area contributed by atoms with Gasteiger partial charge in [-0.1, -0.05) is 76.9 Å². The van der Waals surface area contributed by atoms with Crippen LogP contribution in [-0.2, 0) is 25.1 Å². The summed E-state index contributed by atoms with van der Waals surface area (Å²) in [5.41, 5.74) is 7.13. The Morgan fingerprint density at radius 1 is 0.909 bits per heavy atom. The Kier molecular flexibility index (Phi) is 17.9. The molecule has 0 radical (unpaired) electrons. The molecular weight excluding hydrogens is 579 g/mol. The molecule has 250 valence electrons. The number of rotatable bonds is 28. The molecule has 44 heavy (non-hydrogen) atoms. The number of hydrogen-bond donors (Lipinski definition) is 3. The highest BCUT2D eigenvalue weighted by molar-refractivity contribution is 7.52. The van der Waals surface area contributed by atoms with Gasteiger partial charge in [-0.25, -0.2) is 4.98 Å². The number of hydrogen-bond acceptors (Lipinski definition) is 9. The first-order valence-electron chi connectivity index (χ1n) is 17.0. The molecule has 0 aromatic carbocycles. The molecule has 0 amide bonds. The van der Waals surface area contributed by atoms with Crippen LogP contribution in [0, 0.1) is 0 Å². The molecule has 12 heteroatoms. The van der Waals surface area contributed by atoms with Gasteiger partial charge in [-0.2, -0.15) is 9.97 Å². The van der Waals surface area contributed by atoms with Crippen LogP contribution in [0.5, 0.6) is 0 Å². The quantitative estimate of drug-likeness (QED) is 0.0484. The summed E-state index contributed by atoms with van der Waals surface area (Å²) in [6.07, 6.45) is 26.8.